The Kier molecular flexibility index (Phi) is 8.18. The van der Waals surface area contributed by atoms with Crippen LogP contribution in [0.15, 0.2) is 60.9 Å². The highest BCUT2D eigenvalue weighted by molar-refractivity contribution is 5.93. The van der Waals surface area contributed by atoms with Crippen LogP contribution in [0.3, 0.4) is 0 Å². The van der Waals surface area contributed by atoms with Gasteiger partial charge in [0.25, 0.3) is 5.91 Å². The number of rotatable bonds is 6. The number of aromatic nitrogens is 2. The highest BCUT2D eigenvalue weighted by Crippen LogP contribution is 2.43. The Bertz CT molecular complexity index is 1190. The quantitative estimate of drug-likeness (QED) is 0.497. The van der Waals surface area contributed by atoms with Gasteiger partial charge in [0.15, 0.2) is 0 Å². The third-order valence-electron chi connectivity index (χ3n) is 7.50. The van der Waals surface area contributed by atoms with Crippen LogP contribution in [-0.4, -0.2) is 34.8 Å². The van der Waals surface area contributed by atoms with E-state index in [-0.39, 0.29) is 17.8 Å². The third kappa shape index (κ3) is 5.35. The van der Waals surface area contributed by atoms with E-state index in [0.29, 0.717) is 13.0 Å². The average molecular weight is 491 g/mol. The van der Waals surface area contributed by atoms with Crippen LogP contribution in [0.1, 0.15) is 55.5 Å². The number of benzene rings is 2. The molecule has 0 spiro atoms. The largest absolute Gasteiger partial charge is 0.356 e. The lowest BCUT2D eigenvalue weighted by Crippen LogP contribution is -2.56. The zero-order chi connectivity index (χ0) is 25.5. The first-order valence-corrected chi connectivity index (χ1v) is 12.8. The first-order chi connectivity index (χ1) is 17.5. The molecule has 1 N–H and O–H groups in total. The SMILES string of the molecule is CN(c1cccc(F)c1)C1(C(=O)NC2CCCCC2)CCc2ccccc21.Cc1nccn1CC=O. The van der Waals surface area contributed by atoms with Gasteiger partial charge in [0, 0.05) is 31.2 Å². The highest BCUT2D eigenvalue weighted by Gasteiger charge is 2.49. The first kappa shape index (κ1) is 25.6. The number of hydrogen-bond donors (Lipinski definition) is 1. The topological polar surface area (TPSA) is 67.2 Å². The number of hydrogen-bond acceptors (Lipinski definition) is 4. The predicted octanol–water partition coefficient (Wildman–Crippen LogP) is 4.94. The van der Waals surface area contributed by atoms with Gasteiger partial charge in [0.2, 0.25) is 0 Å². The van der Waals surface area contributed by atoms with Gasteiger partial charge in [0.1, 0.15) is 23.5 Å². The van der Waals surface area contributed by atoms with Crippen LogP contribution in [0, 0.1) is 12.7 Å². The van der Waals surface area contributed by atoms with Crippen molar-refractivity contribution >= 4 is 17.9 Å². The molecule has 1 fully saturated rings. The lowest BCUT2D eigenvalue weighted by Gasteiger charge is -2.41. The summed E-state index contributed by atoms with van der Waals surface area (Å²) in [4.78, 5) is 29.5. The number of amides is 1. The minimum Gasteiger partial charge on any atom is -0.356 e. The van der Waals surface area contributed by atoms with Crippen LogP contribution < -0.4 is 10.2 Å². The van der Waals surface area contributed by atoms with Crippen molar-refractivity contribution in [3.05, 3.63) is 83.7 Å². The number of anilines is 1. The minimum atomic E-state index is -0.790. The molecule has 1 aromatic heterocycles. The summed E-state index contributed by atoms with van der Waals surface area (Å²) in [5.41, 5.74) is 2.19. The van der Waals surface area contributed by atoms with E-state index in [2.05, 4.69) is 22.4 Å². The van der Waals surface area contributed by atoms with Gasteiger partial charge in [-0.2, -0.15) is 0 Å². The fourth-order valence-electron chi connectivity index (χ4n) is 5.46. The van der Waals surface area contributed by atoms with Crippen molar-refractivity contribution in [3.8, 4) is 0 Å². The van der Waals surface area contributed by atoms with Crippen molar-refractivity contribution in [1.82, 2.24) is 14.9 Å². The van der Waals surface area contributed by atoms with Crippen LogP contribution in [-0.2, 0) is 28.1 Å². The Labute approximate surface area is 212 Å². The van der Waals surface area contributed by atoms with Gasteiger partial charge in [-0.15, -0.1) is 0 Å². The number of aldehydes is 1. The molecule has 7 heteroatoms. The van der Waals surface area contributed by atoms with E-state index in [4.69, 9.17) is 0 Å². The fourth-order valence-corrected chi connectivity index (χ4v) is 5.46. The highest BCUT2D eigenvalue weighted by atomic mass is 19.1. The second kappa shape index (κ2) is 11.5. The monoisotopic (exact) mass is 490 g/mol. The van der Waals surface area contributed by atoms with Gasteiger partial charge in [-0.1, -0.05) is 49.6 Å². The van der Waals surface area contributed by atoms with Crippen LogP contribution in [0.25, 0.3) is 0 Å². The average Bonchev–Trinajstić information content (AvgIpc) is 3.49. The smallest absolute Gasteiger partial charge is 0.250 e. The molecule has 2 aromatic carbocycles. The van der Waals surface area contributed by atoms with E-state index in [0.717, 1.165) is 42.6 Å². The van der Waals surface area contributed by atoms with Crippen LogP contribution in [0.5, 0.6) is 0 Å². The maximum Gasteiger partial charge on any atom is 0.250 e. The molecule has 1 atom stereocenters. The summed E-state index contributed by atoms with van der Waals surface area (Å²) in [7, 11) is 1.91. The Morgan fingerprint density at radius 1 is 1.19 bits per heavy atom. The molecular weight excluding hydrogens is 455 g/mol. The number of likely N-dealkylation sites (N-methyl/N-ethyl adjacent to an activating group) is 1. The molecule has 2 aliphatic carbocycles. The van der Waals surface area contributed by atoms with Crippen molar-refractivity contribution < 1.29 is 14.0 Å². The number of nitrogens with one attached hydrogen (secondary N) is 1. The Hall–Kier alpha value is -3.48. The number of carbonyl (C=O) groups excluding carboxylic acids is 2. The summed E-state index contributed by atoms with van der Waals surface area (Å²) >= 11 is 0. The van der Waals surface area contributed by atoms with Gasteiger partial charge in [-0.05, 0) is 61.9 Å². The molecule has 1 unspecified atom stereocenters. The van der Waals surface area contributed by atoms with Crippen molar-refractivity contribution in [2.24, 2.45) is 0 Å². The van der Waals surface area contributed by atoms with Crippen molar-refractivity contribution in [2.45, 2.75) is 70.0 Å². The normalized spacial score (nSPS) is 19.1. The van der Waals surface area contributed by atoms with Crippen LogP contribution >= 0.6 is 0 Å². The molecule has 0 aliphatic heterocycles. The van der Waals surface area contributed by atoms with E-state index in [1.807, 2.05) is 37.1 Å². The number of halogens is 1. The summed E-state index contributed by atoms with van der Waals surface area (Å²) in [6.45, 7) is 2.27. The molecule has 1 heterocycles. The maximum absolute atomic E-state index is 13.9. The lowest BCUT2D eigenvalue weighted by molar-refractivity contribution is -0.127. The molecule has 0 radical (unpaired) electrons. The van der Waals surface area contributed by atoms with Gasteiger partial charge < -0.3 is 19.6 Å². The number of imidazole rings is 1. The Morgan fingerprint density at radius 2 is 1.97 bits per heavy atom. The standard InChI is InChI=1S/C23H27FN2O.C6H8N2O/c1-26(20-12-7-9-18(24)16-20)23(15-14-17-8-5-6-13-21(17)23)22(27)25-19-10-3-2-4-11-19;1-6-7-2-3-8(6)4-5-9/h5-9,12-13,16,19H,2-4,10-11,14-15H2,1H3,(H,25,27);2-3,5H,4H2,1H3. The second-order valence-corrected chi connectivity index (χ2v) is 9.66. The van der Waals surface area contributed by atoms with Crippen LogP contribution in [0.4, 0.5) is 10.1 Å². The van der Waals surface area contributed by atoms with Gasteiger partial charge in [-0.3, -0.25) is 4.79 Å². The Balaban J connectivity index is 0.000000286. The number of nitrogens with zero attached hydrogens (tertiary/aromatic N) is 3. The van der Waals surface area contributed by atoms with Crippen molar-refractivity contribution in [1.29, 1.82) is 0 Å². The van der Waals surface area contributed by atoms with Gasteiger partial charge in [-0.25, -0.2) is 9.37 Å². The third-order valence-corrected chi connectivity index (χ3v) is 7.50. The summed E-state index contributed by atoms with van der Waals surface area (Å²) in [5, 5.41) is 3.33. The molecule has 5 rings (SSSR count). The van der Waals surface area contributed by atoms with Gasteiger partial charge in [0.05, 0.1) is 6.54 Å². The second-order valence-electron chi connectivity index (χ2n) is 9.66. The van der Waals surface area contributed by atoms with Gasteiger partial charge >= 0.3 is 0 Å². The lowest BCUT2D eigenvalue weighted by atomic mass is 9.87. The van der Waals surface area contributed by atoms with E-state index in [1.165, 1.54) is 37.0 Å². The van der Waals surface area contributed by atoms with E-state index in [9.17, 15) is 14.0 Å². The number of aryl methyl sites for hydroxylation is 2. The molecule has 2 aliphatic rings. The molecule has 190 valence electrons. The van der Waals surface area contributed by atoms with E-state index < -0.39 is 5.54 Å². The van der Waals surface area contributed by atoms with Crippen LogP contribution in [0.2, 0.25) is 0 Å². The molecular formula is C29H35FN4O2. The predicted molar refractivity (Wildman–Crippen MR) is 139 cm³/mol. The molecule has 6 nitrogen and oxygen atoms in total. The summed E-state index contributed by atoms with van der Waals surface area (Å²) < 4.78 is 15.7. The van der Waals surface area contributed by atoms with Crippen molar-refractivity contribution in [3.63, 3.8) is 0 Å². The number of fused-ring (bicyclic) bond motifs is 1. The molecule has 1 saturated carbocycles. The first-order valence-electron chi connectivity index (χ1n) is 12.8. The number of carbonyl (C=O) groups is 2. The van der Waals surface area contributed by atoms with E-state index >= 15 is 0 Å². The molecule has 36 heavy (non-hydrogen) atoms. The maximum atomic E-state index is 13.9. The van der Waals surface area contributed by atoms with Crippen molar-refractivity contribution in [2.75, 3.05) is 11.9 Å². The summed E-state index contributed by atoms with van der Waals surface area (Å²) in [6, 6.07) is 14.9. The fraction of sp³-hybridized carbons (Fsp3) is 0.414. The zero-order valence-corrected chi connectivity index (χ0v) is 21.1. The summed E-state index contributed by atoms with van der Waals surface area (Å²) in [5.74, 6) is 0.640. The zero-order valence-electron chi connectivity index (χ0n) is 21.1. The molecule has 0 bridgehead atoms. The minimum absolute atomic E-state index is 0.0473. The Morgan fingerprint density at radius 3 is 2.67 bits per heavy atom. The molecule has 0 saturated heterocycles. The molecule has 1 amide bonds. The molecule has 3 aromatic rings. The summed E-state index contributed by atoms with van der Waals surface area (Å²) in [6.07, 6.45) is 11.6. The van der Waals surface area contributed by atoms with E-state index in [1.54, 1.807) is 23.0 Å².